The molecule has 1 N–H and O–H groups in total. The van der Waals surface area contributed by atoms with Crippen LogP contribution >= 0.6 is 0 Å². The minimum Gasteiger partial charge on any atom is -0.480 e. The van der Waals surface area contributed by atoms with Crippen LogP contribution in [0.1, 0.15) is 20.3 Å². The number of likely N-dealkylation sites (tertiary alicyclic amines) is 1. The minimum atomic E-state index is -0.710. The third-order valence-electron chi connectivity index (χ3n) is 4.63. The van der Waals surface area contributed by atoms with Gasteiger partial charge in [-0.2, -0.15) is 0 Å². The Bertz CT molecular complexity index is 293. The van der Waals surface area contributed by atoms with Crippen molar-refractivity contribution in [2.75, 3.05) is 39.8 Å². The molecule has 0 radical (unpaired) electrons. The van der Waals surface area contributed by atoms with E-state index < -0.39 is 5.97 Å². The van der Waals surface area contributed by atoms with Crippen molar-refractivity contribution >= 4 is 5.97 Å². The smallest absolute Gasteiger partial charge is 0.320 e. The highest BCUT2D eigenvalue weighted by Crippen LogP contribution is 2.21. The van der Waals surface area contributed by atoms with E-state index in [1.54, 1.807) is 6.92 Å². The van der Waals surface area contributed by atoms with Crippen molar-refractivity contribution < 1.29 is 9.90 Å². The lowest BCUT2D eigenvalue weighted by atomic mass is 10.1. The average molecular weight is 255 g/mol. The first-order valence-electron chi connectivity index (χ1n) is 6.90. The molecule has 2 saturated heterocycles. The highest BCUT2D eigenvalue weighted by molar-refractivity contribution is 5.72. The molecule has 5 nitrogen and oxygen atoms in total. The molecule has 2 fully saturated rings. The van der Waals surface area contributed by atoms with E-state index in [2.05, 4.69) is 28.7 Å². The maximum Gasteiger partial charge on any atom is 0.320 e. The highest BCUT2D eigenvalue weighted by Gasteiger charge is 2.33. The van der Waals surface area contributed by atoms with Crippen molar-refractivity contribution in [3.8, 4) is 0 Å². The van der Waals surface area contributed by atoms with E-state index in [9.17, 15) is 4.79 Å². The first-order chi connectivity index (χ1) is 8.49. The lowest BCUT2D eigenvalue weighted by Crippen LogP contribution is -2.54. The summed E-state index contributed by atoms with van der Waals surface area (Å²) in [5.41, 5.74) is 0. The third kappa shape index (κ3) is 2.84. The van der Waals surface area contributed by atoms with E-state index in [-0.39, 0.29) is 6.04 Å². The van der Waals surface area contributed by atoms with Gasteiger partial charge in [0.1, 0.15) is 6.04 Å². The molecule has 0 aromatic carbocycles. The van der Waals surface area contributed by atoms with E-state index in [1.165, 1.54) is 6.42 Å². The second-order valence-corrected chi connectivity index (χ2v) is 5.76. The van der Waals surface area contributed by atoms with Crippen LogP contribution in [0.25, 0.3) is 0 Å². The van der Waals surface area contributed by atoms with E-state index in [1.807, 2.05) is 0 Å². The predicted molar refractivity (Wildman–Crippen MR) is 70.7 cm³/mol. The molecule has 0 saturated carbocycles. The summed E-state index contributed by atoms with van der Waals surface area (Å²) in [5, 5.41) is 9.02. The monoisotopic (exact) mass is 255 g/mol. The van der Waals surface area contributed by atoms with Crippen LogP contribution in [0.3, 0.4) is 0 Å². The molecule has 2 rings (SSSR count). The van der Waals surface area contributed by atoms with Crippen molar-refractivity contribution in [3.63, 3.8) is 0 Å². The van der Waals surface area contributed by atoms with Crippen LogP contribution in [0.2, 0.25) is 0 Å². The zero-order valence-corrected chi connectivity index (χ0v) is 11.7. The first kappa shape index (κ1) is 13.8. The third-order valence-corrected chi connectivity index (χ3v) is 4.63. The number of aliphatic carboxylic acids is 1. The molecule has 0 aromatic rings. The van der Waals surface area contributed by atoms with Gasteiger partial charge in [-0.05, 0) is 27.3 Å². The zero-order chi connectivity index (χ0) is 13.3. The molecular weight excluding hydrogens is 230 g/mol. The molecule has 104 valence electrons. The Morgan fingerprint density at radius 1 is 1.28 bits per heavy atom. The predicted octanol–water partition coefficient (Wildman–Crippen LogP) is 0.170. The number of nitrogens with zero attached hydrogens (tertiary/aromatic N) is 3. The molecule has 2 aliphatic rings. The Morgan fingerprint density at radius 2 is 1.89 bits per heavy atom. The Morgan fingerprint density at radius 3 is 2.33 bits per heavy atom. The summed E-state index contributed by atoms with van der Waals surface area (Å²) in [6, 6.07) is 0.982. The molecule has 0 aromatic heterocycles. The van der Waals surface area contributed by atoms with Gasteiger partial charge in [-0.15, -0.1) is 0 Å². The lowest BCUT2D eigenvalue weighted by Gasteiger charge is -2.39. The summed E-state index contributed by atoms with van der Waals surface area (Å²) < 4.78 is 0. The van der Waals surface area contributed by atoms with Gasteiger partial charge in [0.2, 0.25) is 0 Å². The second-order valence-electron chi connectivity index (χ2n) is 5.76. The number of carboxylic acids is 1. The van der Waals surface area contributed by atoms with Gasteiger partial charge in [0.25, 0.3) is 0 Å². The topological polar surface area (TPSA) is 47.0 Å². The Labute approximate surface area is 109 Å². The van der Waals surface area contributed by atoms with Gasteiger partial charge in [0, 0.05) is 44.8 Å². The van der Waals surface area contributed by atoms with Crippen molar-refractivity contribution in [3.05, 3.63) is 0 Å². The van der Waals surface area contributed by atoms with Crippen LogP contribution in [0.5, 0.6) is 0 Å². The normalized spacial score (nSPS) is 33.7. The van der Waals surface area contributed by atoms with Crippen LogP contribution in [0.15, 0.2) is 0 Å². The molecule has 5 heteroatoms. The van der Waals surface area contributed by atoms with Gasteiger partial charge >= 0.3 is 5.97 Å². The van der Waals surface area contributed by atoms with Crippen molar-refractivity contribution in [2.24, 2.45) is 0 Å². The number of carboxylic acid groups (broad SMARTS) is 1. The molecule has 0 amide bonds. The fourth-order valence-electron chi connectivity index (χ4n) is 3.07. The van der Waals surface area contributed by atoms with E-state index in [4.69, 9.17) is 5.11 Å². The molecule has 0 bridgehead atoms. The maximum atomic E-state index is 11.0. The molecule has 2 heterocycles. The molecule has 2 aliphatic heterocycles. The first-order valence-corrected chi connectivity index (χ1v) is 6.90. The number of likely N-dealkylation sites (N-methyl/N-ethyl adjacent to an activating group) is 1. The highest BCUT2D eigenvalue weighted by atomic mass is 16.4. The Kier molecular flexibility index (Phi) is 4.25. The SMILES string of the molecule is CC1CC(N2CCN(C(C)C(=O)O)CC2)CN1C. The summed E-state index contributed by atoms with van der Waals surface area (Å²) in [7, 11) is 2.19. The number of hydrogen-bond acceptors (Lipinski definition) is 4. The van der Waals surface area contributed by atoms with E-state index in [0.29, 0.717) is 12.1 Å². The largest absolute Gasteiger partial charge is 0.480 e. The number of piperazine rings is 1. The van der Waals surface area contributed by atoms with Crippen LogP contribution in [-0.2, 0) is 4.79 Å². The van der Waals surface area contributed by atoms with Crippen molar-refractivity contribution in [1.29, 1.82) is 0 Å². The van der Waals surface area contributed by atoms with Gasteiger partial charge in [-0.3, -0.25) is 14.6 Å². The molecule has 0 aliphatic carbocycles. The summed E-state index contributed by atoms with van der Waals surface area (Å²) in [5.74, 6) is -0.710. The van der Waals surface area contributed by atoms with E-state index >= 15 is 0 Å². The molecule has 0 spiro atoms. The lowest BCUT2D eigenvalue weighted by molar-refractivity contribution is -0.143. The summed E-state index contributed by atoms with van der Waals surface area (Å²) in [4.78, 5) is 18.0. The standard InChI is InChI=1S/C13H25N3O2/c1-10-8-12(9-14(10)3)16-6-4-15(5-7-16)11(2)13(17)18/h10-12H,4-9H2,1-3H3,(H,17,18). The fraction of sp³-hybridized carbons (Fsp3) is 0.923. The summed E-state index contributed by atoms with van der Waals surface area (Å²) in [6.45, 7) is 8.97. The number of rotatable bonds is 3. The fourth-order valence-corrected chi connectivity index (χ4v) is 3.07. The van der Waals surface area contributed by atoms with Gasteiger partial charge in [-0.1, -0.05) is 0 Å². The number of carbonyl (C=O) groups is 1. The van der Waals surface area contributed by atoms with Crippen LogP contribution < -0.4 is 0 Å². The van der Waals surface area contributed by atoms with Gasteiger partial charge in [0.15, 0.2) is 0 Å². The molecule has 3 unspecified atom stereocenters. The van der Waals surface area contributed by atoms with Crippen LogP contribution in [0, 0.1) is 0 Å². The maximum absolute atomic E-state index is 11.0. The quantitative estimate of drug-likeness (QED) is 0.779. The van der Waals surface area contributed by atoms with E-state index in [0.717, 1.165) is 32.7 Å². The van der Waals surface area contributed by atoms with Crippen molar-refractivity contribution in [2.45, 2.75) is 38.4 Å². The Balaban J connectivity index is 1.82. The van der Waals surface area contributed by atoms with Crippen molar-refractivity contribution in [1.82, 2.24) is 14.7 Å². The number of hydrogen-bond donors (Lipinski definition) is 1. The average Bonchev–Trinajstić information content (AvgIpc) is 2.69. The van der Waals surface area contributed by atoms with Crippen LogP contribution in [-0.4, -0.2) is 83.7 Å². The second kappa shape index (κ2) is 5.55. The zero-order valence-electron chi connectivity index (χ0n) is 11.7. The van der Waals surface area contributed by atoms with Crippen LogP contribution in [0.4, 0.5) is 0 Å². The molecule has 18 heavy (non-hydrogen) atoms. The molecule has 3 atom stereocenters. The van der Waals surface area contributed by atoms with Gasteiger partial charge in [-0.25, -0.2) is 0 Å². The minimum absolute atomic E-state index is 0.350. The summed E-state index contributed by atoms with van der Waals surface area (Å²) >= 11 is 0. The van der Waals surface area contributed by atoms with Gasteiger partial charge in [0.05, 0.1) is 0 Å². The Hall–Kier alpha value is -0.650. The van der Waals surface area contributed by atoms with Gasteiger partial charge < -0.3 is 10.0 Å². The summed E-state index contributed by atoms with van der Waals surface area (Å²) in [6.07, 6.45) is 1.24. The molecular formula is C13H25N3O2.